The van der Waals surface area contributed by atoms with Crippen LogP contribution in [0.4, 0.5) is 0 Å². The second kappa shape index (κ2) is 5.96. The molecule has 1 aromatic carbocycles. The van der Waals surface area contributed by atoms with Crippen molar-refractivity contribution >= 4 is 18.5 Å². The van der Waals surface area contributed by atoms with Crippen LogP contribution in [0, 0.1) is 0 Å². The van der Waals surface area contributed by atoms with Crippen LogP contribution < -0.4 is 10.1 Å². The van der Waals surface area contributed by atoms with Crippen molar-refractivity contribution in [3.05, 3.63) is 29.3 Å². The van der Waals surface area contributed by atoms with Crippen molar-refractivity contribution in [2.75, 3.05) is 18.9 Å². The second-order valence-corrected chi connectivity index (χ2v) is 4.56. The number of carbonyl (C=O) groups is 1. The van der Waals surface area contributed by atoms with Crippen molar-refractivity contribution in [3.63, 3.8) is 0 Å². The summed E-state index contributed by atoms with van der Waals surface area (Å²) in [6.07, 6.45) is 2.35. The molecule has 0 bridgehead atoms. The molecule has 1 heterocycles. The van der Waals surface area contributed by atoms with Gasteiger partial charge in [-0.2, -0.15) is 12.6 Å². The first kappa shape index (κ1) is 12.3. The Labute approximate surface area is 107 Å². The Kier molecular flexibility index (Phi) is 4.31. The summed E-state index contributed by atoms with van der Waals surface area (Å²) in [4.78, 5) is 11.2. The quantitative estimate of drug-likeness (QED) is 0.780. The fraction of sp³-hybridized carbons (Fsp3) is 0.462. The topological polar surface area (TPSA) is 38.3 Å². The summed E-state index contributed by atoms with van der Waals surface area (Å²) in [6.45, 7) is 1.48. The molecule has 0 saturated heterocycles. The van der Waals surface area contributed by atoms with Gasteiger partial charge in [-0.3, -0.25) is 4.79 Å². The Morgan fingerprint density at radius 2 is 2.35 bits per heavy atom. The SMILES string of the molecule is O=C(CCS)NCCc1ccc2c(c1)CCO2. The number of amides is 1. The number of fused-ring (bicyclic) bond motifs is 1. The number of ether oxygens (including phenoxy) is 1. The van der Waals surface area contributed by atoms with E-state index in [0.29, 0.717) is 18.7 Å². The lowest BCUT2D eigenvalue weighted by atomic mass is 10.1. The highest BCUT2D eigenvalue weighted by Crippen LogP contribution is 2.25. The highest BCUT2D eigenvalue weighted by Gasteiger charge is 2.11. The predicted molar refractivity (Wildman–Crippen MR) is 70.8 cm³/mol. The van der Waals surface area contributed by atoms with E-state index in [4.69, 9.17) is 4.74 Å². The molecule has 0 saturated carbocycles. The van der Waals surface area contributed by atoms with Crippen LogP contribution in [0.5, 0.6) is 5.75 Å². The van der Waals surface area contributed by atoms with Crippen molar-refractivity contribution in [2.24, 2.45) is 0 Å². The number of nitrogens with one attached hydrogen (secondary N) is 1. The lowest BCUT2D eigenvalue weighted by Crippen LogP contribution is -2.25. The molecule has 1 N–H and O–H groups in total. The molecule has 3 nitrogen and oxygen atoms in total. The molecular weight excluding hydrogens is 234 g/mol. The Morgan fingerprint density at radius 1 is 1.47 bits per heavy atom. The van der Waals surface area contributed by atoms with Crippen LogP contribution in [0.15, 0.2) is 18.2 Å². The molecule has 0 unspecified atom stereocenters. The van der Waals surface area contributed by atoms with Gasteiger partial charge in [0.15, 0.2) is 0 Å². The molecule has 1 aliphatic heterocycles. The number of rotatable bonds is 5. The van der Waals surface area contributed by atoms with Gasteiger partial charge in [-0.1, -0.05) is 12.1 Å². The molecular formula is C13H17NO2S. The van der Waals surface area contributed by atoms with E-state index in [0.717, 1.165) is 25.2 Å². The molecule has 0 radical (unpaired) electrons. The molecule has 1 amide bonds. The van der Waals surface area contributed by atoms with Crippen LogP contribution >= 0.6 is 12.6 Å². The second-order valence-electron chi connectivity index (χ2n) is 4.11. The van der Waals surface area contributed by atoms with Gasteiger partial charge in [0.25, 0.3) is 0 Å². The molecule has 2 rings (SSSR count). The van der Waals surface area contributed by atoms with Gasteiger partial charge in [0.2, 0.25) is 5.91 Å². The summed E-state index contributed by atoms with van der Waals surface area (Å²) in [5.74, 6) is 1.68. The average molecular weight is 251 g/mol. The molecule has 17 heavy (non-hydrogen) atoms. The molecule has 0 fully saturated rings. The summed E-state index contributed by atoms with van der Waals surface area (Å²) in [5, 5.41) is 2.88. The third kappa shape index (κ3) is 3.40. The molecule has 0 aromatic heterocycles. The molecule has 1 aromatic rings. The minimum absolute atomic E-state index is 0.0736. The van der Waals surface area contributed by atoms with Crippen LogP contribution in [0.25, 0.3) is 0 Å². The molecule has 0 spiro atoms. The van der Waals surface area contributed by atoms with Crippen LogP contribution in [0.1, 0.15) is 17.5 Å². The maximum Gasteiger partial charge on any atom is 0.220 e. The largest absolute Gasteiger partial charge is 0.493 e. The highest BCUT2D eigenvalue weighted by molar-refractivity contribution is 7.80. The Morgan fingerprint density at radius 3 is 3.18 bits per heavy atom. The van der Waals surface area contributed by atoms with Crippen molar-refractivity contribution < 1.29 is 9.53 Å². The zero-order valence-corrected chi connectivity index (χ0v) is 10.6. The minimum atomic E-state index is 0.0736. The Bertz CT molecular complexity index is 406. The van der Waals surface area contributed by atoms with E-state index in [9.17, 15) is 4.79 Å². The highest BCUT2D eigenvalue weighted by atomic mass is 32.1. The first-order chi connectivity index (χ1) is 8.29. The zero-order valence-electron chi connectivity index (χ0n) is 9.74. The first-order valence-corrected chi connectivity index (χ1v) is 6.55. The smallest absolute Gasteiger partial charge is 0.220 e. The van der Waals surface area contributed by atoms with Gasteiger partial charge >= 0.3 is 0 Å². The van der Waals surface area contributed by atoms with E-state index in [1.165, 1.54) is 11.1 Å². The summed E-state index contributed by atoms with van der Waals surface area (Å²) in [5.41, 5.74) is 2.53. The van der Waals surface area contributed by atoms with Gasteiger partial charge in [-0.05, 0) is 29.4 Å². The number of hydrogen-bond donors (Lipinski definition) is 2. The van der Waals surface area contributed by atoms with Crippen LogP contribution in [0.3, 0.4) is 0 Å². The van der Waals surface area contributed by atoms with Gasteiger partial charge in [-0.15, -0.1) is 0 Å². The molecule has 0 aliphatic carbocycles. The summed E-state index contributed by atoms with van der Waals surface area (Å²) >= 11 is 4.02. The van der Waals surface area contributed by atoms with E-state index in [1.807, 2.05) is 6.07 Å². The standard InChI is InChI=1S/C13H17NO2S/c15-13(5-8-17)14-6-3-10-1-2-12-11(9-10)4-7-16-12/h1-2,9,17H,3-8H2,(H,14,15). The number of thiol groups is 1. The number of hydrogen-bond acceptors (Lipinski definition) is 3. The zero-order chi connectivity index (χ0) is 12.1. The summed E-state index contributed by atoms with van der Waals surface area (Å²) < 4.78 is 5.45. The van der Waals surface area contributed by atoms with Crippen LogP contribution in [0.2, 0.25) is 0 Å². The van der Waals surface area contributed by atoms with Gasteiger partial charge in [0.05, 0.1) is 6.61 Å². The van der Waals surface area contributed by atoms with Crippen LogP contribution in [-0.4, -0.2) is 24.8 Å². The lowest BCUT2D eigenvalue weighted by Gasteiger charge is -2.06. The normalized spacial score (nSPS) is 13.0. The number of carbonyl (C=O) groups excluding carboxylic acids is 1. The molecule has 0 atom stereocenters. The minimum Gasteiger partial charge on any atom is -0.493 e. The predicted octanol–water partition coefficient (Wildman–Crippen LogP) is 1.60. The van der Waals surface area contributed by atoms with Gasteiger partial charge in [-0.25, -0.2) is 0 Å². The maximum atomic E-state index is 11.2. The average Bonchev–Trinajstić information content (AvgIpc) is 2.76. The fourth-order valence-electron chi connectivity index (χ4n) is 1.93. The van der Waals surface area contributed by atoms with Crippen molar-refractivity contribution in [2.45, 2.75) is 19.3 Å². The van der Waals surface area contributed by atoms with E-state index in [2.05, 4.69) is 30.1 Å². The van der Waals surface area contributed by atoms with Gasteiger partial charge in [0, 0.05) is 19.4 Å². The molecule has 92 valence electrons. The van der Waals surface area contributed by atoms with Crippen molar-refractivity contribution in [3.8, 4) is 5.75 Å². The fourth-order valence-corrected chi connectivity index (χ4v) is 2.13. The molecule has 4 heteroatoms. The van der Waals surface area contributed by atoms with E-state index >= 15 is 0 Å². The maximum absolute atomic E-state index is 11.2. The first-order valence-electron chi connectivity index (χ1n) is 5.92. The third-order valence-corrected chi connectivity index (χ3v) is 3.05. The van der Waals surface area contributed by atoms with E-state index in [1.54, 1.807) is 0 Å². The Balaban J connectivity index is 1.81. The van der Waals surface area contributed by atoms with E-state index in [-0.39, 0.29) is 5.91 Å². The third-order valence-electron chi connectivity index (χ3n) is 2.83. The van der Waals surface area contributed by atoms with Crippen molar-refractivity contribution in [1.29, 1.82) is 0 Å². The van der Waals surface area contributed by atoms with Gasteiger partial charge in [0.1, 0.15) is 5.75 Å². The van der Waals surface area contributed by atoms with Crippen LogP contribution in [-0.2, 0) is 17.6 Å². The Hall–Kier alpha value is -1.16. The summed E-state index contributed by atoms with van der Waals surface area (Å²) in [6, 6.07) is 6.26. The summed E-state index contributed by atoms with van der Waals surface area (Å²) in [7, 11) is 0. The van der Waals surface area contributed by atoms with Crippen molar-refractivity contribution in [1.82, 2.24) is 5.32 Å². The lowest BCUT2D eigenvalue weighted by molar-refractivity contribution is -0.120. The molecule has 1 aliphatic rings. The number of benzene rings is 1. The van der Waals surface area contributed by atoms with E-state index < -0.39 is 0 Å². The van der Waals surface area contributed by atoms with Gasteiger partial charge < -0.3 is 10.1 Å². The monoisotopic (exact) mass is 251 g/mol.